The molecular formula is C15H22N4O3S. The second-order valence-corrected chi connectivity index (χ2v) is 7.08. The van der Waals surface area contributed by atoms with E-state index in [2.05, 4.69) is 20.3 Å². The first-order valence-electron chi connectivity index (χ1n) is 7.54. The zero-order valence-corrected chi connectivity index (χ0v) is 14.1. The number of hydrogen-bond acceptors (Lipinski definition) is 5. The summed E-state index contributed by atoms with van der Waals surface area (Å²) in [6.07, 6.45) is 0.925. The molecule has 1 aliphatic rings. The molecule has 126 valence electrons. The topological polar surface area (TPSA) is 99.7 Å². The molecule has 0 bridgehead atoms. The molecule has 1 unspecified atom stereocenters. The molecule has 23 heavy (non-hydrogen) atoms. The Bertz CT molecular complexity index is 700. The fourth-order valence-corrected chi connectivity index (χ4v) is 3.39. The van der Waals surface area contributed by atoms with E-state index in [1.807, 2.05) is 14.0 Å². The molecule has 1 heterocycles. The van der Waals surface area contributed by atoms with Gasteiger partial charge in [-0.1, -0.05) is 12.1 Å². The van der Waals surface area contributed by atoms with Crippen molar-refractivity contribution in [2.75, 3.05) is 20.1 Å². The highest BCUT2D eigenvalue weighted by Crippen LogP contribution is 2.22. The third-order valence-electron chi connectivity index (χ3n) is 3.59. The molecule has 3 N–H and O–H groups in total. The molecule has 0 aromatic heterocycles. The first-order valence-corrected chi connectivity index (χ1v) is 9.03. The van der Waals surface area contributed by atoms with Crippen molar-refractivity contribution in [1.82, 2.24) is 15.4 Å². The van der Waals surface area contributed by atoms with Gasteiger partial charge in [-0.05, 0) is 32.5 Å². The number of amides is 1. The fourth-order valence-electron chi connectivity index (χ4n) is 2.14. The predicted molar refractivity (Wildman–Crippen MR) is 88.9 cm³/mol. The summed E-state index contributed by atoms with van der Waals surface area (Å²) >= 11 is 0. The maximum Gasteiger partial charge on any atom is 0.263 e. The Hall–Kier alpha value is -1.93. The Morgan fingerprint density at radius 3 is 2.83 bits per heavy atom. The van der Waals surface area contributed by atoms with E-state index >= 15 is 0 Å². The van der Waals surface area contributed by atoms with Crippen LogP contribution in [0.3, 0.4) is 0 Å². The molecule has 0 radical (unpaired) electrons. The van der Waals surface area contributed by atoms with Crippen LogP contribution in [0.1, 0.15) is 25.3 Å². The number of nitrogens with one attached hydrogen (secondary N) is 3. The molecule has 8 heteroatoms. The number of nitrogens with zero attached hydrogens (tertiary/aromatic N) is 1. The lowest BCUT2D eigenvalue weighted by Crippen LogP contribution is -2.37. The van der Waals surface area contributed by atoms with E-state index in [1.54, 1.807) is 24.3 Å². The minimum Gasteiger partial charge on any atom is -0.355 e. The van der Waals surface area contributed by atoms with Crippen LogP contribution in [0, 0.1) is 0 Å². The van der Waals surface area contributed by atoms with Crippen LogP contribution in [0.2, 0.25) is 0 Å². The van der Waals surface area contributed by atoms with E-state index in [-0.39, 0.29) is 16.8 Å². The molecule has 0 saturated carbocycles. The van der Waals surface area contributed by atoms with E-state index in [0.29, 0.717) is 37.3 Å². The van der Waals surface area contributed by atoms with Crippen molar-refractivity contribution >= 4 is 21.8 Å². The lowest BCUT2D eigenvalue weighted by Gasteiger charge is -2.10. The highest BCUT2D eigenvalue weighted by atomic mass is 32.2. The molecular weight excluding hydrogens is 316 g/mol. The second-order valence-electron chi connectivity index (χ2n) is 5.43. The van der Waals surface area contributed by atoms with Crippen LogP contribution in [0.5, 0.6) is 0 Å². The summed E-state index contributed by atoms with van der Waals surface area (Å²) < 4.78 is 26.3. The van der Waals surface area contributed by atoms with Crippen LogP contribution in [0.25, 0.3) is 0 Å². The number of likely N-dealkylation sites (N-methyl/N-ethyl adjacent to an activating group) is 1. The average molecular weight is 338 g/mol. The van der Waals surface area contributed by atoms with Gasteiger partial charge in [0.1, 0.15) is 5.84 Å². The molecule has 7 nitrogen and oxygen atoms in total. The highest BCUT2D eigenvalue weighted by Gasteiger charge is 2.29. The average Bonchev–Trinajstić information content (AvgIpc) is 2.80. The number of hydrogen-bond donors (Lipinski definition) is 3. The van der Waals surface area contributed by atoms with Gasteiger partial charge < -0.3 is 10.6 Å². The molecule has 1 atom stereocenters. The zero-order chi connectivity index (χ0) is 16.9. The second kappa shape index (κ2) is 7.56. The van der Waals surface area contributed by atoms with Crippen molar-refractivity contribution in [3.8, 4) is 0 Å². The lowest BCUT2D eigenvalue weighted by molar-refractivity contribution is -0.121. The van der Waals surface area contributed by atoms with Gasteiger partial charge in [-0.15, -0.1) is 0 Å². The summed E-state index contributed by atoms with van der Waals surface area (Å²) in [4.78, 5) is 16.2. The van der Waals surface area contributed by atoms with Gasteiger partial charge in [0.15, 0.2) is 0 Å². The number of fused-ring (bicyclic) bond motifs is 1. The van der Waals surface area contributed by atoms with Gasteiger partial charge in [0.25, 0.3) is 10.0 Å². The van der Waals surface area contributed by atoms with Crippen LogP contribution < -0.4 is 15.4 Å². The molecule has 1 aromatic carbocycles. The van der Waals surface area contributed by atoms with E-state index in [4.69, 9.17) is 0 Å². The SMILES string of the molecule is CNC(C)CNC(=O)CCCN=C1NS(=O)(=O)c2ccccc21. The monoisotopic (exact) mass is 338 g/mol. The Balaban J connectivity index is 1.85. The van der Waals surface area contributed by atoms with Crippen LogP contribution in [0.15, 0.2) is 34.2 Å². The summed E-state index contributed by atoms with van der Waals surface area (Å²) in [5.74, 6) is 0.324. The van der Waals surface area contributed by atoms with Crippen LogP contribution in [0.4, 0.5) is 0 Å². The van der Waals surface area contributed by atoms with E-state index in [0.717, 1.165) is 0 Å². The standard InChI is InChI=1S/C15H22N4O3S/c1-11(16-2)10-18-14(20)8-5-9-17-15-12-6-3-4-7-13(12)23(21,22)19-15/h3-4,6-7,11,16H,5,8-10H2,1-2H3,(H,17,19)(H,18,20). The number of aliphatic imine (C=N–C) groups is 1. The first-order chi connectivity index (χ1) is 10.9. The largest absolute Gasteiger partial charge is 0.355 e. The minimum absolute atomic E-state index is 0.0281. The maximum atomic E-state index is 11.9. The molecule has 1 aromatic rings. The quantitative estimate of drug-likeness (QED) is 0.620. The van der Waals surface area contributed by atoms with Gasteiger partial charge in [-0.3, -0.25) is 14.5 Å². The molecule has 1 amide bonds. The minimum atomic E-state index is -3.50. The van der Waals surface area contributed by atoms with Crippen LogP contribution in [-0.4, -0.2) is 46.3 Å². The highest BCUT2D eigenvalue weighted by molar-refractivity contribution is 7.90. The smallest absolute Gasteiger partial charge is 0.263 e. The van der Waals surface area contributed by atoms with Gasteiger partial charge >= 0.3 is 0 Å². The number of benzene rings is 1. The van der Waals surface area contributed by atoms with Gasteiger partial charge in [-0.25, -0.2) is 8.42 Å². The number of sulfonamides is 1. The molecule has 2 rings (SSSR count). The maximum absolute atomic E-state index is 11.9. The molecule has 0 saturated heterocycles. The number of carbonyl (C=O) groups excluding carboxylic acids is 1. The van der Waals surface area contributed by atoms with Crippen molar-refractivity contribution in [1.29, 1.82) is 0 Å². The van der Waals surface area contributed by atoms with Gasteiger partial charge in [0.2, 0.25) is 5.91 Å². The summed E-state index contributed by atoms with van der Waals surface area (Å²) in [7, 11) is -1.66. The third kappa shape index (κ3) is 4.52. The molecule has 0 aliphatic carbocycles. The third-order valence-corrected chi connectivity index (χ3v) is 4.99. The lowest BCUT2D eigenvalue weighted by atomic mass is 10.2. The predicted octanol–water partition coefficient (Wildman–Crippen LogP) is 0.229. The van der Waals surface area contributed by atoms with Crippen molar-refractivity contribution in [2.45, 2.75) is 30.7 Å². The Morgan fingerprint density at radius 1 is 1.35 bits per heavy atom. The summed E-state index contributed by atoms with van der Waals surface area (Å²) in [6, 6.07) is 6.95. The van der Waals surface area contributed by atoms with E-state index in [9.17, 15) is 13.2 Å². The van der Waals surface area contributed by atoms with Gasteiger partial charge in [0.05, 0.1) is 4.90 Å². The summed E-state index contributed by atoms with van der Waals surface area (Å²) in [6.45, 7) is 2.95. The normalized spacial score (nSPS) is 18.3. The molecule has 1 aliphatic heterocycles. The van der Waals surface area contributed by atoms with Crippen molar-refractivity contribution in [2.24, 2.45) is 4.99 Å². The summed E-state index contributed by atoms with van der Waals surface area (Å²) in [5.41, 5.74) is 0.583. The van der Waals surface area contributed by atoms with E-state index < -0.39 is 10.0 Å². The van der Waals surface area contributed by atoms with Gasteiger partial charge in [-0.2, -0.15) is 0 Å². The molecule has 0 spiro atoms. The zero-order valence-electron chi connectivity index (χ0n) is 13.3. The van der Waals surface area contributed by atoms with E-state index in [1.165, 1.54) is 0 Å². The van der Waals surface area contributed by atoms with Crippen molar-refractivity contribution in [3.63, 3.8) is 0 Å². The van der Waals surface area contributed by atoms with Crippen molar-refractivity contribution < 1.29 is 13.2 Å². The Morgan fingerprint density at radius 2 is 2.09 bits per heavy atom. The first kappa shape index (κ1) is 17.4. The van der Waals surface area contributed by atoms with Gasteiger partial charge in [0, 0.05) is 31.1 Å². The fraction of sp³-hybridized carbons (Fsp3) is 0.467. The van der Waals surface area contributed by atoms with Crippen LogP contribution in [-0.2, 0) is 14.8 Å². The van der Waals surface area contributed by atoms with Crippen LogP contribution >= 0.6 is 0 Å². The number of carbonyl (C=O) groups is 1. The number of amidine groups is 1. The molecule has 0 fully saturated rings. The Labute approximate surface area is 136 Å². The summed E-state index contributed by atoms with van der Waals surface area (Å²) in [5, 5.41) is 5.87. The number of rotatable bonds is 7. The van der Waals surface area contributed by atoms with Crippen molar-refractivity contribution in [3.05, 3.63) is 29.8 Å². The Kier molecular flexibility index (Phi) is 5.73.